The maximum Gasteiger partial charge on any atom is 0.323 e. The first-order valence-electron chi connectivity index (χ1n) is 4.83. The van der Waals surface area contributed by atoms with Gasteiger partial charge >= 0.3 is 5.97 Å². The van der Waals surface area contributed by atoms with Gasteiger partial charge in [0.05, 0.1) is 6.10 Å². The smallest absolute Gasteiger partial charge is 0.323 e. The predicted molar refractivity (Wildman–Crippen MR) is 48.7 cm³/mol. The van der Waals surface area contributed by atoms with E-state index in [2.05, 4.69) is 12.2 Å². The first-order chi connectivity index (χ1) is 6.25. The molecule has 1 aliphatic heterocycles. The Morgan fingerprint density at radius 1 is 1.69 bits per heavy atom. The predicted octanol–water partition coefficient (Wildman–Crippen LogP) is 0.618. The second-order valence-electron chi connectivity index (χ2n) is 3.32. The fraction of sp³-hybridized carbons (Fsp3) is 0.889. The van der Waals surface area contributed by atoms with Crippen LogP contribution in [0.25, 0.3) is 0 Å². The molecule has 0 spiro atoms. The summed E-state index contributed by atoms with van der Waals surface area (Å²) in [5.41, 5.74) is 0. The molecule has 0 aromatic heterocycles. The highest BCUT2D eigenvalue weighted by atomic mass is 16.5. The highest BCUT2D eigenvalue weighted by Gasteiger charge is 2.32. The zero-order valence-electron chi connectivity index (χ0n) is 7.95. The Balaban J connectivity index is 2.27. The maximum absolute atomic E-state index is 10.7. The summed E-state index contributed by atoms with van der Waals surface area (Å²) in [6, 6.07) is -0.503. The molecule has 0 radical (unpaired) electrons. The van der Waals surface area contributed by atoms with Crippen LogP contribution in [0.5, 0.6) is 0 Å². The highest BCUT2D eigenvalue weighted by molar-refractivity contribution is 5.74. The Hall–Kier alpha value is -0.610. The van der Waals surface area contributed by atoms with Crippen molar-refractivity contribution in [1.82, 2.24) is 5.32 Å². The Bertz CT molecular complexity index is 172. The molecule has 1 heterocycles. The van der Waals surface area contributed by atoms with Crippen molar-refractivity contribution >= 4 is 5.97 Å². The molecule has 2 atom stereocenters. The summed E-state index contributed by atoms with van der Waals surface area (Å²) >= 11 is 0. The van der Waals surface area contributed by atoms with Gasteiger partial charge in [0.1, 0.15) is 6.04 Å². The van der Waals surface area contributed by atoms with E-state index in [9.17, 15) is 4.79 Å². The minimum Gasteiger partial charge on any atom is -0.480 e. The number of nitrogens with one attached hydrogen (secondary N) is 1. The molecule has 1 rings (SSSR count). The van der Waals surface area contributed by atoms with Gasteiger partial charge in [-0.15, -0.1) is 0 Å². The number of carboxylic acid groups (broad SMARTS) is 1. The van der Waals surface area contributed by atoms with Gasteiger partial charge in [-0.1, -0.05) is 13.3 Å². The summed E-state index contributed by atoms with van der Waals surface area (Å²) in [4.78, 5) is 10.7. The lowest BCUT2D eigenvalue weighted by atomic mass is 10.2. The number of unbranched alkanes of at least 4 members (excludes halogenated alkanes) is 1. The van der Waals surface area contributed by atoms with Gasteiger partial charge in [0.15, 0.2) is 0 Å². The van der Waals surface area contributed by atoms with Crippen LogP contribution < -0.4 is 5.32 Å². The van der Waals surface area contributed by atoms with Crippen LogP contribution in [0.4, 0.5) is 0 Å². The Morgan fingerprint density at radius 3 is 3.08 bits per heavy atom. The van der Waals surface area contributed by atoms with Crippen LogP contribution in [0, 0.1) is 0 Å². The van der Waals surface area contributed by atoms with E-state index >= 15 is 0 Å². The average molecular weight is 187 g/mol. The Kier molecular flexibility index (Phi) is 4.18. The van der Waals surface area contributed by atoms with Gasteiger partial charge in [0.2, 0.25) is 0 Å². The topological polar surface area (TPSA) is 58.6 Å². The lowest BCUT2D eigenvalue weighted by molar-refractivity contribution is -0.142. The molecule has 0 saturated carbocycles. The zero-order chi connectivity index (χ0) is 9.68. The third-order valence-electron chi connectivity index (χ3n) is 2.26. The summed E-state index contributed by atoms with van der Waals surface area (Å²) in [6.45, 7) is 3.51. The first kappa shape index (κ1) is 10.5. The third-order valence-corrected chi connectivity index (χ3v) is 2.26. The minimum atomic E-state index is -0.806. The van der Waals surface area contributed by atoms with E-state index in [0.29, 0.717) is 6.61 Å². The van der Waals surface area contributed by atoms with E-state index in [-0.39, 0.29) is 6.10 Å². The van der Waals surface area contributed by atoms with Gasteiger partial charge in [-0.2, -0.15) is 0 Å². The molecule has 1 unspecified atom stereocenters. The van der Waals surface area contributed by atoms with E-state index in [4.69, 9.17) is 9.84 Å². The van der Waals surface area contributed by atoms with E-state index in [1.807, 2.05) is 0 Å². The second kappa shape index (κ2) is 5.19. The molecular formula is C9H17NO3. The number of rotatable bonds is 5. The van der Waals surface area contributed by atoms with E-state index < -0.39 is 12.0 Å². The molecule has 0 amide bonds. The fourth-order valence-electron chi connectivity index (χ4n) is 1.48. The summed E-state index contributed by atoms with van der Waals surface area (Å²) in [6.07, 6.45) is 2.76. The van der Waals surface area contributed by atoms with Crippen molar-refractivity contribution in [2.75, 3.05) is 13.2 Å². The largest absolute Gasteiger partial charge is 0.480 e. The molecule has 0 aliphatic carbocycles. The number of aliphatic carboxylic acids is 1. The van der Waals surface area contributed by atoms with Crippen molar-refractivity contribution in [1.29, 1.82) is 0 Å². The highest BCUT2D eigenvalue weighted by Crippen LogP contribution is 2.12. The molecule has 0 aromatic carbocycles. The van der Waals surface area contributed by atoms with E-state index in [1.54, 1.807) is 0 Å². The number of hydrogen-bond donors (Lipinski definition) is 2. The van der Waals surface area contributed by atoms with Crippen LogP contribution >= 0.6 is 0 Å². The first-order valence-corrected chi connectivity index (χ1v) is 4.83. The Morgan fingerprint density at radius 2 is 2.46 bits per heavy atom. The zero-order valence-corrected chi connectivity index (χ0v) is 7.95. The normalized spacial score (nSPS) is 27.8. The molecule has 1 aliphatic rings. The lowest BCUT2D eigenvalue weighted by Gasteiger charge is -2.15. The van der Waals surface area contributed by atoms with Crippen LogP contribution in [-0.2, 0) is 9.53 Å². The van der Waals surface area contributed by atoms with Gasteiger partial charge in [-0.05, 0) is 19.4 Å². The quantitative estimate of drug-likeness (QED) is 0.619. The summed E-state index contributed by atoms with van der Waals surface area (Å²) in [5, 5.41) is 11.7. The molecule has 0 aromatic rings. The average Bonchev–Trinajstić information content (AvgIpc) is 2.53. The fourth-order valence-corrected chi connectivity index (χ4v) is 1.48. The maximum atomic E-state index is 10.7. The molecule has 13 heavy (non-hydrogen) atoms. The van der Waals surface area contributed by atoms with Crippen LogP contribution in [0.15, 0.2) is 0 Å². The second-order valence-corrected chi connectivity index (χ2v) is 3.32. The van der Waals surface area contributed by atoms with Gasteiger partial charge in [0.25, 0.3) is 0 Å². The Labute approximate surface area is 78.3 Å². The van der Waals surface area contributed by atoms with Gasteiger partial charge in [0, 0.05) is 6.61 Å². The van der Waals surface area contributed by atoms with Crippen molar-refractivity contribution in [3.8, 4) is 0 Å². The van der Waals surface area contributed by atoms with Gasteiger partial charge in [-0.3, -0.25) is 4.79 Å². The minimum absolute atomic E-state index is 0.135. The monoisotopic (exact) mass is 187 g/mol. The summed E-state index contributed by atoms with van der Waals surface area (Å²) < 4.78 is 5.47. The van der Waals surface area contributed by atoms with Crippen LogP contribution in [-0.4, -0.2) is 36.4 Å². The van der Waals surface area contributed by atoms with Gasteiger partial charge in [-0.25, -0.2) is 0 Å². The lowest BCUT2D eigenvalue weighted by Crippen LogP contribution is -2.39. The van der Waals surface area contributed by atoms with Gasteiger partial charge < -0.3 is 15.2 Å². The van der Waals surface area contributed by atoms with Crippen molar-refractivity contribution in [2.24, 2.45) is 0 Å². The molecule has 2 N–H and O–H groups in total. The van der Waals surface area contributed by atoms with Crippen LogP contribution in [0.3, 0.4) is 0 Å². The molecule has 1 fully saturated rings. The summed E-state index contributed by atoms with van der Waals surface area (Å²) in [7, 11) is 0. The van der Waals surface area contributed by atoms with Crippen molar-refractivity contribution in [3.63, 3.8) is 0 Å². The standard InChI is InChI=1S/C9H17NO3/c1-2-3-6-13-7-4-5-10-8(7)9(11)12/h7-8,10H,2-6H2,1H3,(H,11,12)/t7-,8?/m0/s1. The van der Waals surface area contributed by atoms with Crippen LogP contribution in [0.1, 0.15) is 26.2 Å². The van der Waals surface area contributed by atoms with E-state index in [1.165, 1.54) is 0 Å². The number of hydrogen-bond acceptors (Lipinski definition) is 3. The van der Waals surface area contributed by atoms with Crippen LogP contribution in [0.2, 0.25) is 0 Å². The van der Waals surface area contributed by atoms with Crippen molar-refractivity contribution in [3.05, 3.63) is 0 Å². The number of carboxylic acids is 1. The van der Waals surface area contributed by atoms with Crippen molar-refractivity contribution in [2.45, 2.75) is 38.3 Å². The molecular weight excluding hydrogens is 170 g/mol. The molecule has 4 nitrogen and oxygen atoms in total. The van der Waals surface area contributed by atoms with E-state index in [0.717, 1.165) is 25.8 Å². The molecule has 1 saturated heterocycles. The number of ether oxygens (including phenoxy) is 1. The molecule has 4 heteroatoms. The molecule has 0 bridgehead atoms. The van der Waals surface area contributed by atoms with Crippen molar-refractivity contribution < 1.29 is 14.6 Å². The number of carbonyl (C=O) groups is 1. The molecule has 76 valence electrons. The third kappa shape index (κ3) is 2.97. The summed E-state index contributed by atoms with van der Waals surface area (Å²) in [5.74, 6) is -0.806. The SMILES string of the molecule is CCCCO[C@H]1CCNC1C(=O)O.